The number of rotatable bonds is 3. The summed E-state index contributed by atoms with van der Waals surface area (Å²) in [5.74, 6) is -1.31. The van der Waals surface area contributed by atoms with E-state index in [-0.39, 0.29) is 16.6 Å². The van der Waals surface area contributed by atoms with E-state index in [9.17, 15) is 19.2 Å². The van der Waals surface area contributed by atoms with Gasteiger partial charge in [0.05, 0.1) is 22.9 Å². The first-order valence-electron chi connectivity index (χ1n) is 11.0. The van der Waals surface area contributed by atoms with Gasteiger partial charge in [0, 0.05) is 12.7 Å². The Morgan fingerprint density at radius 3 is 2.36 bits per heavy atom. The Labute approximate surface area is 198 Å². The molecule has 1 aliphatic carbocycles. The fourth-order valence-electron chi connectivity index (χ4n) is 4.88. The van der Waals surface area contributed by atoms with E-state index in [2.05, 4.69) is 11.4 Å². The molecule has 2 aliphatic rings. The van der Waals surface area contributed by atoms with Crippen molar-refractivity contribution >= 4 is 40.5 Å². The lowest BCUT2D eigenvalue weighted by Crippen LogP contribution is -2.49. The minimum atomic E-state index is -0.906. The quantitative estimate of drug-likeness (QED) is 0.672. The van der Waals surface area contributed by atoms with Gasteiger partial charge < -0.3 is 10.2 Å². The van der Waals surface area contributed by atoms with Crippen LogP contribution in [0, 0.1) is 24.1 Å². The highest BCUT2D eigenvalue weighted by molar-refractivity contribution is 7.81. The van der Waals surface area contributed by atoms with Gasteiger partial charge in [0.25, 0.3) is 11.8 Å². The molecule has 1 aliphatic heterocycles. The smallest absolute Gasteiger partial charge is 0.259 e. The maximum atomic E-state index is 14.9. The molecule has 2 fully saturated rings. The zero-order valence-electron chi connectivity index (χ0n) is 18.7. The predicted octanol–water partition coefficient (Wildman–Crippen LogP) is 4.60. The number of hydrogen-bond acceptors (Lipinski definition) is 4. The van der Waals surface area contributed by atoms with Crippen molar-refractivity contribution in [2.24, 2.45) is 0 Å². The molecule has 1 spiro atoms. The van der Waals surface area contributed by atoms with Gasteiger partial charge in [0.2, 0.25) is 0 Å². The molecule has 33 heavy (non-hydrogen) atoms. The molecule has 170 valence electrons. The number of amides is 2. The number of hydrogen-bond donors (Lipinski definition) is 1. The Kier molecular flexibility index (Phi) is 6.17. The molecule has 0 radical (unpaired) electrons. The van der Waals surface area contributed by atoms with Crippen LogP contribution in [0.5, 0.6) is 0 Å². The van der Waals surface area contributed by atoms with Gasteiger partial charge >= 0.3 is 0 Å². The molecule has 2 aromatic rings. The van der Waals surface area contributed by atoms with E-state index in [0.717, 1.165) is 31.2 Å². The monoisotopic (exact) mass is 464 g/mol. The number of nitrogens with zero attached hydrogens (tertiary/aromatic N) is 3. The van der Waals surface area contributed by atoms with Crippen LogP contribution in [-0.2, 0) is 4.79 Å². The first-order valence-corrected chi connectivity index (χ1v) is 11.5. The zero-order valence-corrected chi connectivity index (χ0v) is 19.5. The van der Waals surface area contributed by atoms with Crippen molar-refractivity contribution in [1.29, 1.82) is 5.26 Å². The van der Waals surface area contributed by atoms with Crippen LogP contribution in [0.1, 0.15) is 60.0 Å². The molecule has 4 rings (SSSR count). The second-order valence-electron chi connectivity index (χ2n) is 8.56. The van der Waals surface area contributed by atoms with Crippen LogP contribution in [0.15, 0.2) is 36.4 Å². The summed E-state index contributed by atoms with van der Waals surface area (Å²) < 4.78 is 14.9. The van der Waals surface area contributed by atoms with Gasteiger partial charge in [0.1, 0.15) is 11.4 Å². The van der Waals surface area contributed by atoms with E-state index in [0.29, 0.717) is 29.8 Å². The van der Waals surface area contributed by atoms with Crippen LogP contribution in [0.2, 0.25) is 0 Å². The minimum absolute atomic E-state index is 0.0628. The van der Waals surface area contributed by atoms with Crippen molar-refractivity contribution in [2.45, 2.75) is 51.0 Å². The second-order valence-corrected chi connectivity index (χ2v) is 8.92. The summed E-state index contributed by atoms with van der Waals surface area (Å²) in [6.07, 6.45) is 4.99. The molecule has 2 aromatic carbocycles. The first-order chi connectivity index (χ1) is 15.8. The van der Waals surface area contributed by atoms with Crippen LogP contribution >= 0.6 is 12.2 Å². The van der Waals surface area contributed by atoms with Crippen LogP contribution < -0.4 is 15.1 Å². The van der Waals surface area contributed by atoms with Crippen molar-refractivity contribution in [3.8, 4) is 6.07 Å². The molecule has 1 heterocycles. The average Bonchev–Trinajstić information content (AvgIpc) is 2.95. The third-order valence-electron chi connectivity index (χ3n) is 6.61. The van der Waals surface area contributed by atoms with Gasteiger partial charge in [-0.3, -0.25) is 14.5 Å². The van der Waals surface area contributed by atoms with Gasteiger partial charge in [-0.05, 0) is 73.9 Å². The molecule has 1 saturated heterocycles. The Bertz CT molecular complexity index is 1180. The topological polar surface area (TPSA) is 76.4 Å². The van der Waals surface area contributed by atoms with Gasteiger partial charge in [-0.1, -0.05) is 25.7 Å². The number of carbonyl (C=O) groups excluding carboxylic acids is 2. The third-order valence-corrected chi connectivity index (χ3v) is 6.98. The third kappa shape index (κ3) is 3.76. The highest BCUT2D eigenvalue weighted by atomic mass is 32.1. The molecule has 2 amide bonds. The summed E-state index contributed by atoms with van der Waals surface area (Å²) in [6, 6.07) is 11.7. The Morgan fingerprint density at radius 1 is 1.12 bits per heavy atom. The van der Waals surface area contributed by atoms with Crippen molar-refractivity contribution in [2.75, 3.05) is 16.8 Å². The highest BCUT2D eigenvalue weighted by Crippen LogP contribution is 2.44. The first kappa shape index (κ1) is 22.9. The number of carbonyl (C=O) groups is 2. The lowest BCUT2D eigenvalue weighted by Gasteiger charge is -2.35. The molecule has 0 bridgehead atoms. The van der Waals surface area contributed by atoms with Crippen molar-refractivity contribution < 1.29 is 14.0 Å². The number of anilines is 2. The maximum Gasteiger partial charge on any atom is 0.259 e. The molecule has 6 nitrogen and oxygen atoms in total. The molecule has 0 aromatic heterocycles. The fraction of sp³-hybridized carbons (Fsp3) is 0.360. The van der Waals surface area contributed by atoms with E-state index >= 15 is 0 Å². The zero-order chi connectivity index (χ0) is 23.8. The highest BCUT2D eigenvalue weighted by Gasteiger charge is 2.56. The largest absolute Gasteiger partial charge is 0.355 e. The lowest BCUT2D eigenvalue weighted by molar-refractivity contribution is -0.121. The molecule has 0 unspecified atom stereocenters. The summed E-state index contributed by atoms with van der Waals surface area (Å²) in [6.45, 7) is 1.82. The summed E-state index contributed by atoms with van der Waals surface area (Å²) in [5, 5.41) is 12.0. The Balaban J connectivity index is 1.84. The molecule has 0 atom stereocenters. The van der Waals surface area contributed by atoms with E-state index in [1.807, 2.05) is 6.92 Å². The van der Waals surface area contributed by atoms with Crippen LogP contribution in [0.25, 0.3) is 0 Å². The molecule has 1 N–H and O–H groups in total. The van der Waals surface area contributed by atoms with E-state index in [1.54, 1.807) is 29.2 Å². The van der Waals surface area contributed by atoms with E-state index in [4.69, 9.17) is 12.2 Å². The lowest BCUT2D eigenvalue weighted by atomic mass is 9.87. The molecule has 1 saturated carbocycles. The SMILES string of the molecule is CNC(=O)c1ccc(N2C(=S)N(c3ccc(C#N)c(C)c3)C(=O)C23CCCCCC3)cc1F. The van der Waals surface area contributed by atoms with Crippen LogP contribution in [0.4, 0.5) is 15.8 Å². The minimum Gasteiger partial charge on any atom is -0.355 e. The summed E-state index contributed by atoms with van der Waals surface area (Å²) in [4.78, 5) is 29.2. The molecular weight excluding hydrogens is 439 g/mol. The average molecular weight is 465 g/mol. The summed E-state index contributed by atoms with van der Waals surface area (Å²) in [5.41, 5.74) is 1.36. The Hall–Kier alpha value is -3.31. The Morgan fingerprint density at radius 2 is 1.79 bits per heavy atom. The molecular formula is C25H25FN4O2S. The number of nitrogens with one attached hydrogen (secondary N) is 1. The van der Waals surface area contributed by atoms with E-state index < -0.39 is 17.3 Å². The summed E-state index contributed by atoms with van der Waals surface area (Å²) in [7, 11) is 1.45. The predicted molar refractivity (Wildman–Crippen MR) is 129 cm³/mol. The number of aryl methyl sites for hydroxylation is 1. The van der Waals surface area contributed by atoms with Crippen molar-refractivity contribution in [1.82, 2.24) is 5.32 Å². The van der Waals surface area contributed by atoms with Gasteiger partial charge in [0.15, 0.2) is 5.11 Å². The van der Waals surface area contributed by atoms with Crippen LogP contribution in [-0.4, -0.2) is 29.5 Å². The van der Waals surface area contributed by atoms with Crippen molar-refractivity contribution in [3.05, 3.63) is 58.9 Å². The number of nitriles is 1. The van der Waals surface area contributed by atoms with Crippen molar-refractivity contribution in [3.63, 3.8) is 0 Å². The second kappa shape index (κ2) is 8.91. The van der Waals surface area contributed by atoms with E-state index in [1.165, 1.54) is 24.1 Å². The van der Waals surface area contributed by atoms with Crippen LogP contribution in [0.3, 0.4) is 0 Å². The summed E-state index contributed by atoms with van der Waals surface area (Å²) >= 11 is 5.82. The number of halogens is 1. The fourth-order valence-corrected chi connectivity index (χ4v) is 5.35. The van der Waals surface area contributed by atoms with Gasteiger partial charge in [-0.15, -0.1) is 0 Å². The number of benzene rings is 2. The number of thiocarbonyl (C=S) groups is 1. The van der Waals surface area contributed by atoms with Gasteiger partial charge in [-0.2, -0.15) is 5.26 Å². The normalized spacial score (nSPS) is 17.8. The standard InChI is InChI=1S/C25H25FN4O2S/c1-16-13-18(8-7-17(16)15-27)29-23(32)25(11-5-3-4-6-12-25)30(24(29)33)19-9-10-20(21(26)14-19)22(31)28-2/h7-10,13-14H,3-6,11-12H2,1-2H3,(H,28,31). The maximum absolute atomic E-state index is 14.9. The molecule has 8 heteroatoms. The van der Waals surface area contributed by atoms with Gasteiger partial charge in [-0.25, -0.2) is 4.39 Å².